The molecule has 1 amide bonds. The summed E-state index contributed by atoms with van der Waals surface area (Å²) in [6.07, 6.45) is 5.94. The summed E-state index contributed by atoms with van der Waals surface area (Å²) in [5.74, 6) is 1.34. The Morgan fingerprint density at radius 2 is 2.00 bits per heavy atom. The van der Waals surface area contributed by atoms with Gasteiger partial charge in [0.15, 0.2) is 0 Å². The van der Waals surface area contributed by atoms with Crippen molar-refractivity contribution in [3.05, 3.63) is 59.3 Å². The van der Waals surface area contributed by atoms with E-state index in [-0.39, 0.29) is 5.91 Å². The van der Waals surface area contributed by atoms with Crippen molar-refractivity contribution in [1.82, 2.24) is 10.3 Å². The number of aromatic nitrogens is 1. The number of hydrogen-bond donors (Lipinski definition) is 1. The molecule has 2 aromatic rings. The van der Waals surface area contributed by atoms with E-state index in [9.17, 15) is 9.00 Å². The van der Waals surface area contributed by atoms with Gasteiger partial charge in [-0.25, -0.2) is 4.98 Å². The first kappa shape index (κ1) is 17.6. The Bertz CT molecular complexity index is 756. The summed E-state index contributed by atoms with van der Waals surface area (Å²) in [5, 5.41) is 2.92. The minimum Gasteiger partial charge on any atom is -0.357 e. The fourth-order valence-electron chi connectivity index (χ4n) is 2.98. The van der Waals surface area contributed by atoms with Gasteiger partial charge in [-0.2, -0.15) is 0 Å². The van der Waals surface area contributed by atoms with E-state index in [2.05, 4.69) is 15.2 Å². The molecular weight excluding hydrogens is 334 g/mol. The molecule has 1 aliphatic rings. The first-order valence-corrected chi connectivity index (χ1v) is 10.2. The molecule has 1 atom stereocenters. The number of benzene rings is 1. The van der Waals surface area contributed by atoms with Gasteiger partial charge in [-0.3, -0.25) is 9.00 Å². The van der Waals surface area contributed by atoms with Gasteiger partial charge in [0.1, 0.15) is 5.82 Å². The molecule has 1 aromatic carbocycles. The summed E-state index contributed by atoms with van der Waals surface area (Å²) in [7, 11) is -0.919. The summed E-state index contributed by atoms with van der Waals surface area (Å²) in [6, 6.07) is 11.3. The molecule has 0 aliphatic carbocycles. The number of rotatable bonds is 6. The lowest BCUT2D eigenvalue weighted by Crippen LogP contribution is -2.23. The molecule has 0 spiro atoms. The number of carbonyl (C=O) groups is 1. The lowest BCUT2D eigenvalue weighted by atomic mass is 10.1. The fourth-order valence-corrected chi connectivity index (χ4v) is 3.62. The summed E-state index contributed by atoms with van der Waals surface area (Å²) < 4.78 is 11.3. The van der Waals surface area contributed by atoms with E-state index in [4.69, 9.17) is 0 Å². The average molecular weight is 357 g/mol. The maximum atomic E-state index is 12.3. The van der Waals surface area contributed by atoms with E-state index in [1.54, 1.807) is 18.4 Å². The molecule has 0 radical (unpaired) electrons. The number of carbonyl (C=O) groups excluding carboxylic acids is 1. The summed E-state index contributed by atoms with van der Waals surface area (Å²) in [5.41, 5.74) is 2.47. The standard InChI is InChI=1S/C19H23N3O2S/c1-25(24)14-15-5-4-6-17(11-15)19(23)21-13-16-7-8-18(20-12-16)22-9-2-3-10-22/h4-8,11-12H,2-3,9-10,13-14H2,1H3,(H,21,23). The van der Waals surface area contributed by atoms with Crippen LogP contribution in [0.25, 0.3) is 0 Å². The van der Waals surface area contributed by atoms with Crippen molar-refractivity contribution < 1.29 is 9.00 Å². The van der Waals surface area contributed by atoms with Crippen LogP contribution in [0.4, 0.5) is 5.82 Å². The number of amides is 1. The second-order valence-electron chi connectivity index (χ2n) is 6.32. The molecule has 0 saturated carbocycles. The highest BCUT2D eigenvalue weighted by Crippen LogP contribution is 2.17. The molecule has 1 unspecified atom stereocenters. The fraction of sp³-hybridized carbons (Fsp3) is 0.368. The molecule has 25 heavy (non-hydrogen) atoms. The van der Waals surface area contributed by atoms with Crippen LogP contribution in [0.5, 0.6) is 0 Å². The van der Waals surface area contributed by atoms with Crippen LogP contribution in [0.3, 0.4) is 0 Å². The Morgan fingerprint density at radius 3 is 2.68 bits per heavy atom. The lowest BCUT2D eigenvalue weighted by Gasteiger charge is -2.16. The van der Waals surface area contributed by atoms with Crippen LogP contribution in [-0.4, -0.2) is 34.4 Å². The van der Waals surface area contributed by atoms with Crippen molar-refractivity contribution in [3.63, 3.8) is 0 Å². The maximum absolute atomic E-state index is 12.3. The van der Waals surface area contributed by atoms with Crippen molar-refractivity contribution >= 4 is 22.5 Å². The van der Waals surface area contributed by atoms with E-state index in [0.717, 1.165) is 30.0 Å². The summed E-state index contributed by atoms with van der Waals surface area (Å²) in [4.78, 5) is 19.1. The topological polar surface area (TPSA) is 62.3 Å². The van der Waals surface area contributed by atoms with Gasteiger partial charge in [-0.05, 0) is 42.2 Å². The maximum Gasteiger partial charge on any atom is 0.251 e. The first-order chi connectivity index (χ1) is 12.1. The number of pyridine rings is 1. The second kappa shape index (κ2) is 8.25. The Kier molecular flexibility index (Phi) is 5.81. The van der Waals surface area contributed by atoms with E-state index in [0.29, 0.717) is 17.9 Å². The number of nitrogens with one attached hydrogen (secondary N) is 1. The normalized spacial score (nSPS) is 15.2. The highest BCUT2D eigenvalue weighted by molar-refractivity contribution is 7.83. The van der Waals surface area contributed by atoms with Gasteiger partial charge in [0, 0.05) is 54.2 Å². The van der Waals surface area contributed by atoms with E-state index in [1.807, 2.05) is 30.5 Å². The molecule has 2 heterocycles. The third kappa shape index (κ3) is 4.89. The zero-order chi connectivity index (χ0) is 17.6. The Labute approximate surface area is 150 Å². The third-order valence-electron chi connectivity index (χ3n) is 4.25. The minimum absolute atomic E-state index is 0.132. The van der Waals surface area contributed by atoms with Gasteiger partial charge >= 0.3 is 0 Å². The molecule has 1 aromatic heterocycles. The summed E-state index contributed by atoms with van der Waals surface area (Å²) in [6.45, 7) is 2.58. The molecule has 1 aliphatic heterocycles. The van der Waals surface area contributed by atoms with Crippen molar-refractivity contribution in [2.45, 2.75) is 25.1 Å². The van der Waals surface area contributed by atoms with Crippen molar-refractivity contribution in [3.8, 4) is 0 Å². The zero-order valence-electron chi connectivity index (χ0n) is 14.4. The first-order valence-electron chi connectivity index (χ1n) is 8.49. The van der Waals surface area contributed by atoms with Gasteiger partial charge < -0.3 is 10.2 Å². The predicted molar refractivity (Wildman–Crippen MR) is 101 cm³/mol. The van der Waals surface area contributed by atoms with Crippen molar-refractivity contribution in [2.75, 3.05) is 24.2 Å². The molecule has 5 nitrogen and oxygen atoms in total. The third-order valence-corrected chi connectivity index (χ3v) is 4.99. The van der Waals surface area contributed by atoms with Crippen LogP contribution in [0, 0.1) is 0 Å². The van der Waals surface area contributed by atoms with Gasteiger partial charge in [0.25, 0.3) is 5.91 Å². The average Bonchev–Trinajstić information content (AvgIpc) is 3.14. The number of anilines is 1. The number of hydrogen-bond acceptors (Lipinski definition) is 4. The van der Waals surface area contributed by atoms with Crippen LogP contribution >= 0.6 is 0 Å². The lowest BCUT2D eigenvalue weighted by molar-refractivity contribution is 0.0951. The largest absolute Gasteiger partial charge is 0.357 e. The second-order valence-corrected chi connectivity index (χ2v) is 7.75. The van der Waals surface area contributed by atoms with Crippen LogP contribution in [0.2, 0.25) is 0 Å². The molecule has 1 fully saturated rings. The highest BCUT2D eigenvalue weighted by atomic mass is 32.2. The van der Waals surface area contributed by atoms with Crippen LogP contribution in [-0.2, 0) is 23.1 Å². The van der Waals surface area contributed by atoms with Crippen LogP contribution in [0.15, 0.2) is 42.6 Å². The Morgan fingerprint density at radius 1 is 1.20 bits per heavy atom. The van der Waals surface area contributed by atoms with E-state index >= 15 is 0 Å². The minimum atomic E-state index is -0.919. The smallest absolute Gasteiger partial charge is 0.251 e. The van der Waals surface area contributed by atoms with Crippen LogP contribution in [0.1, 0.15) is 34.3 Å². The van der Waals surface area contributed by atoms with E-state index < -0.39 is 10.8 Å². The molecule has 6 heteroatoms. The summed E-state index contributed by atoms with van der Waals surface area (Å²) >= 11 is 0. The van der Waals surface area contributed by atoms with E-state index in [1.165, 1.54) is 12.8 Å². The van der Waals surface area contributed by atoms with Gasteiger partial charge in [0.2, 0.25) is 0 Å². The van der Waals surface area contributed by atoms with Gasteiger partial charge in [0.05, 0.1) is 0 Å². The Balaban J connectivity index is 1.57. The van der Waals surface area contributed by atoms with Gasteiger partial charge in [-0.15, -0.1) is 0 Å². The molecule has 0 bridgehead atoms. The predicted octanol–water partition coefficient (Wildman–Crippen LogP) is 2.49. The number of nitrogens with zero attached hydrogens (tertiary/aromatic N) is 2. The molecule has 1 saturated heterocycles. The Hall–Kier alpha value is -2.21. The molecule has 132 valence electrons. The zero-order valence-corrected chi connectivity index (χ0v) is 15.2. The van der Waals surface area contributed by atoms with Crippen LogP contribution < -0.4 is 10.2 Å². The van der Waals surface area contributed by atoms with Crippen molar-refractivity contribution in [2.24, 2.45) is 0 Å². The molecule has 3 rings (SSSR count). The molecule has 1 N–H and O–H groups in total. The SMILES string of the molecule is CS(=O)Cc1cccc(C(=O)NCc2ccc(N3CCCC3)nc2)c1. The highest BCUT2D eigenvalue weighted by Gasteiger charge is 2.13. The monoisotopic (exact) mass is 357 g/mol. The van der Waals surface area contributed by atoms with Gasteiger partial charge in [-0.1, -0.05) is 18.2 Å². The quantitative estimate of drug-likeness (QED) is 0.863. The molecular formula is C19H23N3O2S. The van der Waals surface area contributed by atoms with Crippen molar-refractivity contribution in [1.29, 1.82) is 0 Å².